The smallest absolute Gasteiger partial charge is 0.270 e. The normalized spacial score (nSPS) is 13.7. The quantitative estimate of drug-likeness (QED) is 0.143. The number of rotatable bonds is 8. The van der Waals surface area contributed by atoms with Gasteiger partial charge in [-0.15, -0.1) is 6.58 Å². The van der Waals surface area contributed by atoms with Crippen LogP contribution in [0.2, 0.25) is 0 Å². The Kier molecular flexibility index (Phi) is 18.8. The summed E-state index contributed by atoms with van der Waals surface area (Å²) in [6, 6.07) is 6.88. The Balaban J connectivity index is 0.000000815. The number of nitrogens with zero attached hydrogens (tertiary/aromatic N) is 3. The van der Waals surface area contributed by atoms with E-state index >= 15 is 0 Å². The van der Waals surface area contributed by atoms with Crippen LogP contribution in [0.15, 0.2) is 91.0 Å². The number of piperidine rings is 1. The van der Waals surface area contributed by atoms with Crippen molar-refractivity contribution >= 4 is 12.3 Å². The first kappa shape index (κ1) is 38.6. The van der Waals surface area contributed by atoms with Gasteiger partial charge >= 0.3 is 0 Å². The Morgan fingerprint density at radius 1 is 1.14 bits per heavy atom. The highest BCUT2D eigenvalue weighted by Gasteiger charge is 2.23. The first-order valence-corrected chi connectivity index (χ1v) is 14.3. The minimum Gasteiger partial charge on any atom is -0.333 e. The molecule has 1 aromatic carbocycles. The molecule has 2 heterocycles. The molecule has 0 saturated carbocycles. The van der Waals surface area contributed by atoms with Crippen molar-refractivity contribution in [3.05, 3.63) is 108 Å². The van der Waals surface area contributed by atoms with Crippen LogP contribution in [0.4, 0.5) is 8.78 Å². The second kappa shape index (κ2) is 20.5. The van der Waals surface area contributed by atoms with Gasteiger partial charge in [-0.1, -0.05) is 60.2 Å². The zero-order chi connectivity index (χ0) is 32.3. The lowest BCUT2D eigenvalue weighted by molar-refractivity contribution is -0.439. The van der Waals surface area contributed by atoms with E-state index in [1.807, 2.05) is 30.7 Å². The van der Waals surface area contributed by atoms with Crippen LogP contribution in [-0.2, 0) is 5.92 Å². The first-order valence-electron chi connectivity index (χ1n) is 14.3. The van der Waals surface area contributed by atoms with Crippen LogP contribution in [0.25, 0.3) is 5.57 Å². The van der Waals surface area contributed by atoms with Crippen molar-refractivity contribution in [2.75, 3.05) is 26.7 Å². The number of halogens is 2. The van der Waals surface area contributed by atoms with E-state index in [4.69, 9.17) is 0 Å². The van der Waals surface area contributed by atoms with Gasteiger partial charge in [0.2, 0.25) is 0 Å². The predicted molar refractivity (Wildman–Crippen MR) is 178 cm³/mol. The summed E-state index contributed by atoms with van der Waals surface area (Å²) in [7, 11) is 1.50. The van der Waals surface area contributed by atoms with Crippen LogP contribution < -0.4 is 11.1 Å². The molecule has 2 aromatic rings. The lowest BCUT2D eigenvalue weighted by atomic mass is 10.1. The van der Waals surface area contributed by atoms with E-state index in [-0.39, 0.29) is 5.56 Å². The molecule has 1 saturated heterocycles. The Hall–Kier alpha value is -3.42. The topological polar surface area (TPSA) is 58.9 Å². The monoisotopic (exact) mass is 582 g/mol. The summed E-state index contributed by atoms with van der Waals surface area (Å²) in [6.45, 7) is 27.4. The molecule has 0 radical (unpaired) electrons. The maximum atomic E-state index is 12.6. The molecule has 0 amide bonds. The van der Waals surface area contributed by atoms with Crippen molar-refractivity contribution in [3.63, 3.8) is 0 Å². The number of benzene rings is 1. The molecule has 5 nitrogen and oxygen atoms in total. The van der Waals surface area contributed by atoms with Gasteiger partial charge in [-0.2, -0.15) is 5.10 Å². The summed E-state index contributed by atoms with van der Waals surface area (Å²) in [5, 5.41) is 7.97. The van der Waals surface area contributed by atoms with Crippen LogP contribution in [0, 0.1) is 6.92 Å². The molecular weight excluding hydrogens is 528 g/mol. The Morgan fingerprint density at radius 3 is 2.21 bits per heavy atom. The largest absolute Gasteiger partial charge is 0.333 e. The van der Waals surface area contributed by atoms with Gasteiger partial charge in [0.05, 0.1) is 12.2 Å². The number of allylic oxidation sites excluding steroid dienone is 6. The van der Waals surface area contributed by atoms with Crippen LogP contribution in [0.3, 0.4) is 0 Å². The van der Waals surface area contributed by atoms with Gasteiger partial charge in [-0.05, 0) is 91.2 Å². The lowest BCUT2D eigenvalue weighted by Crippen LogP contribution is -2.29. The molecule has 1 fully saturated rings. The number of nitrogens with one attached hydrogen (secondary N) is 1. The summed E-state index contributed by atoms with van der Waals surface area (Å²) in [5.74, 6) is -2.72. The first-order chi connectivity index (χ1) is 19.7. The maximum Gasteiger partial charge on any atom is 0.270 e. The van der Waals surface area contributed by atoms with Crippen LogP contribution in [0.5, 0.6) is 0 Å². The molecule has 0 aliphatic carbocycles. The molecule has 1 aliphatic rings. The Morgan fingerprint density at radius 2 is 1.74 bits per heavy atom. The number of alkyl halides is 2. The van der Waals surface area contributed by atoms with Gasteiger partial charge in [-0.3, -0.25) is 4.68 Å². The summed E-state index contributed by atoms with van der Waals surface area (Å²) in [6.07, 6.45) is 14.6. The zero-order valence-electron chi connectivity index (χ0n) is 27.2. The molecule has 1 aromatic heterocycles. The number of hydrogen-bond donors (Lipinski definition) is 2. The summed E-state index contributed by atoms with van der Waals surface area (Å²) < 4.78 is 29.3. The molecule has 0 unspecified atom stereocenters. The molecule has 0 atom stereocenters. The average Bonchev–Trinajstić information content (AvgIpc) is 3.40. The van der Waals surface area contributed by atoms with E-state index in [9.17, 15) is 8.78 Å². The molecule has 7 heteroatoms. The highest BCUT2D eigenvalue weighted by atomic mass is 19.3. The van der Waals surface area contributed by atoms with E-state index < -0.39 is 5.92 Å². The molecule has 0 spiro atoms. The third-order valence-electron chi connectivity index (χ3n) is 5.80. The van der Waals surface area contributed by atoms with E-state index in [0.29, 0.717) is 6.04 Å². The van der Waals surface area contributed by atoms with E-state index in [2.05, 4.69) is 86.0 Å². The van der Waals surface area contributed by atoms with Crippen molar-refractivity contribution < 1.29 is 13.4 Å². The van der Waals surface area contributed by atoms with E-state index in [1.165, 1.54) is 35.9 Å². The summed E-state index contributed by atoms with van der Waals surface area (Å²) >= 11 is 0. The van der Waals surface area contributed by atoms with Crippen molar-refractivity contribution in [2.24, 2.45) is 5.73 Å². The molecular formula is C35H54F2N5+. The number of nitrogens with two attached hydrogens (primary N) is 1. The van der Waals surface area contributed by atoms with Crippen molar-refractivity contribution in [3.8, 4) is 0 Å². The summed E-state index contributed by atoms with van der Waals surface area (Å²) in [5.41, 5.74) is 11.3. The molecule has 3 N–H and O–H groups in total. The SMILES string of the molecule is C=C(C)C.C=C/C(=C\C=C(/C)C[N+](=C)C=C(C)C)c1cnn(C2CCNCC2)c1.CN.Cc1cccc(C(C)(F)F)c1. The zero-order valence-corrected chi connectivity index (χ0v) is 27.2. The molecule has 0 bridgehead atoms. The highest BCUT2D eigenvalue weighted by Crippen LogP contribution is 2.27. The highest BCUT2D eigenvalue weighted by molar-refractivity contribution is 5.74. The standard InChI is InChI=1S/C21H31N4.C9H10F2.C4H8.CH5N/c1-6-19(8-7-18(4)15-24(5)14-17(2)3)20-13-23-25(16-20)21-9-11-22-12-10-21;1-7-4-3-5-8(6-7)9(2,10)11;1-4(2)3;1-2/h6-8,13-14,16,21-22H,1,5,9-12,15H2,2-4H3;3-6H,1-2H3;1H2,2-3H3;2H2,1H3/q+1;;;/b18-7+,19-8+;;;. The minimum absolute atomic E-state index is 0.0810. The predicted octanol–water partition coefficient (Wildman–Crippen LogP) is 8.22. The number of hydrogen-bond acceptors (Lipinski definition) is 3. The maximum absolute atomic E-state index is 12.6. The minimum atomic E-state index is -2.72. The molecule has 1 aliphatic heterocycles. The summed E-state index contributed by atoms with van der Waals surface area (Å²) in [4.78, 5) is 0. The van der Waals surface area contributed by atoms with Crippen molar-refractivity contribution in [1.82, 2.24) is 15.1 Å². The fraction of sp³-hybridized carbons (Fsp3) is 0.429. The fourth-order valence-corrected chi connectivity index (χ4v) is 3.97. The van der Waals surface area contributed by atoms with Crippen molar-refractivity contribution in [2.45, 2.75) is 73.3 Å². The van der Waals surface area contributed by atoms with Gasteiger partial charge in [-0.25, -0.2) is 13.4 Å². The van der Waals surface area contributed by atoms with E-state index in [1.54, 1.807) is 19.1 Å². The third kappa shape index (κ3) is 16.7. The van der Waals surface area contributed by atoms with Gasteiger partial charge in [0.25, 0.3) is 5.92 Å². The van der Waals surface area contributed by atoms with Gasteiger partial charge in [0.1, 0.15) is 6.72 Å². The average molecular weight is 583 g/mol. The van der Waals surface area contributed by atoms with Gasteiger partial charge in [0.15, 0.2) is 12.7 Å². The Bertz CT molecular complexity index is 1200. The second-order valence-electron chi connectivity index (χ2n) is 10.9. The number of aromatic nitrogens is 2. The van der Waals surface area contributed by atoms with Crippen molar-refractivity contribution in [1.29, 1.82) is 0 Å². The Labute approximate surface area is 253 Å². The number of aryl methyl sites for hydroxylation is 1. The second-order valence-corrected chi connectivity index (χ2v) is 10.9. The van der Waals surface area contributed by atoms with Crippen LogP contribution in [0.1, 0.15) is 77.1 Å². The van der Waals surface area contributed by atoms with Gasteiger partial charge in [0, 0.05) is 24.2 Å². The van der Waals surface area contributed by atoms with Gasteiger partial charge < -0.3 is 11.1 Å². The van der Waals surface area contributed by atoms with E-state index in [0.717, 1.165) is 56.1 Å². The third-order valence-corrected chi connectivity index (χ3v) is 5.80. The molecule has 3 rings (SSSR count). The van der Waals surface area contributed by atoms with Crippen LogP contribution in [-0.4, -0.2) is 47.8 Å². The fourth-order valence-electron chi connectivity index (χ4n) is 3.97. The molecule has 232 valence electrons. The lowest BCUT2D eigenvalue weighted by Gasteiger charge is -2.22. The molecule has 42 heavy (non-hydrogen) atoms. The van der Waals surface area contributed by atoms with Crippen LogP contribution >= 0.6 is 0 Å².